The molecule has 2 aliphatic rings. The minimum absolute atomic E-state index is 0. The van der Waals surface area contributed by atoms with Crippen molar-refractivity contribution in [3.63, 3.8) is 0 Å². The smallest absolute Gasteiger partial charge is 0.399 e. The van der Waals surface area contributed by atoms with E-state index in [0.29, 0.717) is 24.2 Å². The predicted molar refractivity (Wildman–Crippen MR) is 118 cm³/mol. The third kappa shape index (κ3) is 4.45. The summed E-state index contributed by atoms with van der Waals surface area (Å²) in [6.45, 7) is 0. The third-order valence-electron chi connectivity index (χ3n) is 5.57. The van der Waals surface area contributed by atoms with Crippen LogP contribution in [0.5, 0.6) is 0 Å². The van der Waals surface area contributed by atoms with Crippen LogP contribution in [0.25, 0.3) is 0 Å². The van der Waals surface area contributed by atoms with Crippen LogP contribution in [0.3, 0.4) is 0 Å². The second-order valence-electron chi connectivity index (χ2n) is 7.38. The van der Waals surface area contributed by atoms with Gasteiger partial charge in [0.05, 0.1) is 5.41 Å². The third-order valence-corrected chi connectivity index (χ3v) is 5.57. The first-order valence-electron chi connectivity index (χ1n) is 9.79. The van der Waals surface area contributed by atoms with E-state index >= 15 is 0 Å². The molecular formula is C26H24FeN2O+2. The van der Waals surface area contributed by atoms with Gasteiger partial charge in [-0.3, -0.25) is 4.79 Å². The van der Waals surface area contributed by atoms with Crippen LogP contribution in [0.15, 0.2) is 48.5 Å². The summed E-state index contributed by atoms with van der Waals surface area (Å²) in [7, 11) is 0. The second kappa shape index (κ2) is 10.0. The van der Waals surface area contributed by atoms with Crippen molar-refractivity contribution in [1.29, 1.82) is 0 Å². The Labute approximate surface area is 191 Å². The van der Waals surface area contributed by atoms with E-state index in [1.54, 1.807) is 0 Å². The molecule has 2 aliphatic carbocycles. The minimum Gasteiger partial charge on any atom is -0.399 e. The summed E-state index contributed by atoms with van der Waals surface area (Å²) < 4.78 is 0. The van der Waals surface area contributed by atoms with E-state index in [4.69, 9.17) is 11.5 Å². The molecular weight excluding hydrogens is 412 g/mol. The van der Waals surface area contributed by atoms with Gasteiger partial charge in [0.25, 0.3) is 0 Å². The molecule has 150 valence electrons. The van der Waals surface area contributed by atoms with Gasteiger partial charge in [-0.05, 0) is 99.1 Å². The summed E-state index contributed by atoms with van der Waals surface area (Å²) >= 11 is 0. The Balaban J connectivity index is 0.00000256. The maximum absolute atomic E-state index is 14.0. The van der Waals surface area contributed by atoms with Crippen molar-refractivity contribution in [1.82, 2.24) is 0 Å². The Morgan fingerprint density at radius 3 is 1.60 bits per heavy atom. The average Bonchev–Trinajstić information content (AvgIpc) is 3.44. The number of nitrogens with two attached hydrogens (primary N) is 2. The van der Waals surface area contributed by atoms with Crippen LogP contribution >= 0.6 is 0 Å². The number of hydrogen-bond acceptors (Lipinski definition) is 3. The summed E-state index contributed by atoms with van der Waals surface area (Å²) in [5.41, 5.74) is 14.2. The van der Waals surface area contributed by atoms with Gasteiger partial charge in [-0.2, -0.15) is 0 Å². The number of Topliss-reactive ketones (excluding diaryl/α,β-unsaturated/α-hetero) is 1. The molecule has 3 nitrogen and oxygen atoms in total. The van der Waals surface area contributed by atoms with Gasteiger partial charge in [-0.1, -0.05) is 24.3 Å². The van der Waals surface area contributed by atoms with Crippen molar-refractivity contribution in [2.75, 3.05) is 11.5 Å². The first kappa shape index (κ1) is 22.9. The fourth-order valence-corrected chi connectivity index (χ4v) is 4.10. The van der Waals surface area contributed by atoms with Gasteiger partial charge in [-0.15, -0.1) is 0 Å². The maximum atomic E-state index is 14.0. The summed E-state index contributed by atoms with van der Waals surface area (Å²) in [5, 5.41) is 0. The van der Waals surface area contributed by atoms with Gasteiger partial charge < -0.3 is 11.5 Å². The Bertz CT molecular complexity index is 774. The van der Waals surface area contributed by atoms with Crippen molar-refractivity contribution >= 4 is 17.2 Å². The van der Waals surface area contributed by atoms with Gasteiger partial charge in [0, 0.05) is 23.7 Å². The zero-order chi connectivity index (χ0) is 20.3. The minimum atomic E-state index is -0.905. The number of rotatable bonds is 7. The summed E-state index contributed by atoms with van der Waals surface area (Å²) in [5.74, 6) is 2.28. The number of anilines is 2. The number of carbonyl (C=O) groups excluding carboxylic acids is 1. The van der Waals surface area contributed by atoms with Gasteiger partial charge >= 0.3 is 17.1 Å². The molecule has 2 aromatic carbocycles. The normalized spacial score (nSPS) is 17.7. The Morgan fingerprint density at radius 1 is 0.700 bits per heavy atom. The first-order valence-corrected chi connectivity index (χ1v) is 9.79. The number of nitrogen functional groups attached to an aromatic ring is 2. The molecule has 4 heteroatoms. The van der Waals surface area contributed by atoms with E-state index in [1.165, 1.54) is 5.92 Å². The van der Waals surface area contributed by atoms with Crippen LogP contribution in [0.4, 0.5) is 11.4 Å². The fraction of sp³-hybridized carbons (Fsp3) is 0.115. The zero-order valence-electron chi connectivity index (χ0n) is 16.6. The van der Waals surface area contributed by atoms with E-state index in [0.717, 1.165) is 17.0 Å². The van der Waals surface area contributed by atoms with Crippen molar-refractivity contribution < 1.29 is 21.9 Å². The molecule has 4 rings (SSSR count). The van der Waals surface area contributed by atoms with Gasteiger partial charge in [0.15, 0.2) is 0 Å². The molecule has 0 aromatic heterocycles. The standard InChI is InChI=1S/C26H24N2O.Fe/c27-23-14-10-21(11-15-23)26(20-7-3-4-8-20,22-12-16-24(28)17-13-22)25(29)18-9-19-5-1-2-6-19;/h1-8,10-17H,9,18,27-28H2;/q;+2. The van der Waals surface area contributed by atoms with Gasteiger partial charge in [0.1, 0.15) is 5.78 Å². The molecule has 0 bridgehead atoms. The molecule has 0 aliphatic heterocycles. The monoisotopic (exact) mass is 436 g/mol. The van der Waals surface area contributed by atoms with Gasteiger partial charge in [-0.25, -0.2) is 0 Å². The molecule has 0 unspecified atom stereocenters. The van der Waals surface area contributed by atoms with Gasteiger partial charge in [0.2, 0.25) is 0 Å². The van der Waals surface area contributed by atoms with Crippen LogP contribution in [0, 0.1) is 63.2 Å². The molecule has 0 atom stereocenters. The summed E-state index contributed by atoms with van der Waals surface area (Å²) in [4.78, 5) is 14.0. The molecule has 10 radical (unpaired) electrons. The molecule has 2 saturated carbocycles. The number of hydrogen-bond donors (Lipinski definition) is 2. The summed E-state index contributed by atoms with van der Waals surface area (Å²) in [6, 6.07) is 15.3. The van der Waals surface area contributed by atoms with E-state index in [2.05, 4.69) is 12.8 Å². The molecule has 2 fully saturated rings. The predicted octanol–water partition coefficient (Wildman–Crippen LogP) is 4.29. The van der Waals surface area contributed by atoms with E-state index in [1.807, 2.05) is 87.1 Å². The number of ketones is 1. The quantitative estimate of drug-likeness (QED) is 0.503. The maximum Gasteiger partial charge on any atom is 2.00 e. The molecule has 0 amide bonds. The van der Waals surface area contributed by atoms with E-state index in [-0.39, 0.29) is 22.9 Å². The average molecular weight is 436 g/mol. The Morgan fingerprint density at radius 2 is 1.13 bits per heavy atom. The SMILES string of the molecule is Nc1ccc(C([C]2[CH][CH][CH][CH]2)(C(=O)CC[C]2[CH][CH][CH][CH]2)c2ccc(N)cc2)cc1.[Fe+2]. The first-order chi connectivity index (χ1) is 14.1. The Kier molecular flexibility index (Phi) is 7.65. The molecule has 0 heterocycles. The zero-order valence-corrected chi connectivity index (χ0v) is 17.7. The molecule has 0 spiro atoms. The van der Waals surface area contributed by atoms with Crippen LogP contribution in [0.2, 0.25) is 0 Å². The molecule has 4 N–H and O–H groups in total. The van der Waals surface area contributed by atoms with Crippen molar-refractivity contribution in [2.24, 2.45) is 0 Å². The number of benzene rings is 2. The van der Waals surface area contributed by atoms with Crippen LogP contribution in [0.1, 0.15) is 24.0 Å². The fourth-order valence-electron chi connectivity index (χ4n) is 4.10. The van der Waals surface area contributed by atoms with E-state index < -0.39 is 5.41 Å². The van der Waals surface area contributed by atoms with Crippen LogP contribution < -0.4 is 11.5 Å². The molecule has 30 heavy (non-hydrogen) atoms. The van der Waals surface area contributed by atoms with Crippen molar-refractivity contribution in [2.45, 2.75) is 18.3 Å². The van der Waals surface area contributed by atoms with Crippen molar-refractivity contribution in [3.05, 3.63) is 123 Å². The Hall–Kier alpha value is -1.77. The molecule has 0 saturated heterocycles. The largest absolute Gasteiger partial charge is 2.00 e. The topological polar surface area (TPSA) is 69.1 Å². The number of carbonyl (C=O) groups is 1. The second-order valence-corrected chi connectivity index (χ2v) is 7.38. The van der Waals surface area contributed by atoms with Crippen LogP contribution in [-0.2, 0) is 27.3 Å². The summed E-state index contributed by atoms with van der Waals surface area (Å²) in [6.07, 6.45) is 17.3. The van der Waals surface area contributed by atoms with Crippen LogP contribution in [-0.4, -0.2) is 5.78 Å². The van der Waals surface area contributed by atoms with Crippen molar-refractivity contribution in [3.8, 4) is 0 Å². The van der Waals surface area contributed by atoms with E-state index in [9.17, 15) is 4.79 Å². The molecule has 2 aromatic rings.